The second kappa shape index (κ2) is 6.56. The maximum atomic E-state index is 12.3. The normalized spacial score (nSPS) is 20.6. The van der Waals surface area contributed by atoms with Crippen LogP contribution in [0.1, 0.15) is 32.0 Å². The first kappa shape index (κ1) is 16.4. The number of aliphatic hydroxyl groups is 1. The number of hydrogen-bond donors (Lipinski definition) is 1. The Bertz CT molecular complexity index is 703. The van der Waals surface area contributed by atoms with Gasteiger partial charge in [-0.3, -0.25) is 9.78 Å². The molecule has 1 saturated heterocycles. The summed E-state index contributed by atoms with van der Waals surface area (Å²) in [5, 5.41) is 18.9. The number of nitrogens with zero attached hydrogens (tertiary/aromatic N) is 5. The molecule has 0 radical (unpaired) electrons. The van der Waals surface area contributed by atoms with Crippen molar-refractivity contribution in [3.05, 3.63) is 36.4 Å². The monoisotopic (exact) mass is 331 g/mol. The second-order valence-electron chi connectivity index (χ2n) is 6.25. The molecule has 1 N–H and O–H groups in total. The largest absolute Gasteiger partial charge is 0.482 e. The van der Waals surface area contributed by atoms with Crippen molar-refractivity contribution < 1.29 is 14.6 Å². The molecule has 0 aliphatic carbocycles. The molecule has 0 bridgehead atoms. The molecule has 1 amide bonds. The quantitative estimate of drug-likeness (QED) is 0.869. The topological polar surface area (TPSA) is 93.4 Å². The number of rotatable bonds is 5. The fraction of sp³-hybridized carbons (Fsp3) is 0.500. The summed E-state index contributed by atoms with van der Waals surface area (Å²) in [6.45, 7) is 4.55. The van der Waals surface area contributed by atoms with Crippen LogP contribution in [-0.4, -0.2) is 55.6 Å². The van der Waals surface area contributed by atoms with Crippen molar-refractivity contribution in [2.45, 2.75) is 31.9 Å². The highest BCUT2D eigenvalue weighted by molar-refractivity contribution is 5.78. The summed E-state index contributed by atoms with van der Waals surface area (Å²) in [6, 6.07) is 3.65. The van der Waals surface area contributed by atoms with E-state index in [-0.39, 0.29) is 25.1 Å². The molecule has 2 aromatic rings. The van der Waals surface area contributed by atoms with E-state index in [4.69, 9.17) is 4.74 Å². The van der Waals surface area contributed by atoms with Crippen LogP contribution < -0.4 is 4.74 Å². The summed E-state index contributed by atoms with van der Waals surface area (Å²) >= 11 is 0. The Morgan fingerprint density at radius 2 is 2.33 bits per heavy atom. The van der Waals surface area contributed by atoms with Gasteiger partial charge in [0.05, 0.1) is 18.9 Å². The van der Waals surface area contributed by atoms with E-state index in [0.29, 0.717) is 24.4 Å². The highest BCUT2D eigenvalue weighted by Crippen LogP contribution is 2.30. The zero-order chi connectivity index (χ0) is 17.2. The first-order valence-corrected chi connectivity index (χ1v) is 7.93. The van der Waals surface area contributed by atoms with Gasteiger partial charge in [-0.1, -0.05) is 5.21 Å². The van der Waals surface area contributed by atoms with E-state index in [1.165, 1.54) is 0 Å². The summed E-state index contributed by atoms with van der Waals surface area (Å²) in [4.78, 5) is 17.8. The Balaban J connectivity index is 1.60. The minimum absolute atomic E-state index is 0.0829. The lowest BCUT2D eigenvalue weighted by Crippen LogP contribution is -2.37. The maximum Gasteiger partial charge on any atom is 0.260 e. The average Bonchev–Trinajstić information content (AvgIpc) is 3.22. The molecule has 1 fully saturated rings. The van der Waals surface area contributed by atoms with Gasteiger partial charge in [0.1, 0.15) is 17.0 Å². The molecule has 1 unspecified atom stereocenters. The molecule has 24 heavy (non-hydrogen) atoms. The molecule has 1 aliphatic rings. The number of aromatic nitrogens is 4. The van der Waals surface area contributed by atoms with Crippen molar-refractivity contribution in [3.63, 3.8) is 0 Å². The van der Waals surface area contributed by atoms with Gasteiger partial charge in [0.25, 0.3) is 5.91 Å². The molecule has 1 aliphatic heterocycles. The molecule has 0 spiro atoms. The molecular formula is C16H21N5O3. The summed E-state index contributed by atoms with van der Waals surface area (Å²) in [7, 11) is 0. The van der Waals surface area contributed by atoms with Crippen LogP contribution in [0.25, 0.3) is 0 Å². The van der Waals surface area contributed by atoms with Gasteiger partial charge in [0.15, 0.2) is 6.61 Å². The highest BCUT2D eigenvalue weighted by Gasteiger charge is 2.42. The predicted octanol–water partition coefficient (Wildman–Crippen LogP) is 0.753. The Morgan fingerprint density at radius 1 is 1.50 bits per heavy atom. The van der Waals surface area contributed by atoms with Crippen LogP contribution in [0.3, 0.4) is 0 Å². The second-order valence-corrected chi connectivity index (χ2v) is 6.25. The van der Waals surface area contributed by atoms with Crippen LogP contribution in [0.15, 0.2) is 30.7 Å². The number of β-amino-alcohol motifs (C(OH)–C–C–N with tert-alkyl or cyclic N) is 1. The van der Waals surface area contributed by atoms with Crippen molar-refractivity contribution >= 4 is 5.91 Å². The fourth-order valence-electron chi connectivity index (χ4n) is 2.63. The number of hydrogen-bond acceptors (Lipinski definition) is 6. The maximum absolute atomic E-state index is 12.3. The molecule has 8 nitrogen and oxygen atoms in total. The highest BCUT2D eigenvalue weighted by atomic mass is 16.5. The van der Waals surface area contributed by atoms with Crippen LogP contribution in [0.4, 0.5) is 0 Å². The predicted molar refractivity (Wildman–Crippen MR) is 85.2 cm³/mol. The van der Waals surface area contributed by atoms with Crippen molar-refractivity contribution in [3.8, 4) is 5.75 Å². The summed E-state index contributed by atoms with van der Waals surface area (Å²) in [6.07, 6.45) is 5.37. The fourth-order valence-corrected chi connectivity index (χ4v) is 2.63. The molecular weight excluding hydrogens is 310 g/mol. The molecule has 0 aromatic carbocycles. The summed E-state index contributed by atoms with van der Waals surface area (Å²) in [5.74, 6) is 0.367. The Kier molecular flexibility index (Phi) is 4.48. The Labute approximate surface area is 140 Å². The third-order valence-electron chi connectivity index (χ3n) is 4.11. The summed E-state index contributed by atoms with van der Waals surface area (Å²) in [5.41, 5.74) is -0.656. The smallest absolute Gasteiger partial charge is 0.260 e. The average molecular weight is 331 g/mol. The lowest BCUT2D eigenvalue weighted by molar-refractivity contribution is -0.133. The molecule has 0 saturated carbocycles. The van der Waals surface area contributed by atoms with E-state index in [1.54, 1.807) is 40.3 Å². The third-order valence-corrected chi connectivity index (χ3v) is 4.11. The lowest BCUT2D eigenvalue weighted by Gasteiger charge is -2.21. The van der Waals surface area contributed by atoms with Crippen molar-refractivity contribution in [2.24, 2.45) is 0 Å². The van der Waals surface area contributed by atoms with Gasteiger partial charge >= 0.3 is 0 Å². The first-order chi connectivity index (χ1) is 11.5. The van der Waals surface area contributed by atoms with E-state index in [2.05, 4.69) is 15.3 Å². The van der Waals surface area contributed by atoms with Crippen LogP contribution in [0.5, 0.6) is 5.75 Å². The SMILES string of the molecule is CC(C)n1cc(C2(O)CCN(C(=O)COc3cccnc3)C2)nn1. The van der Waals surface area contributed by atoms with Gasteiger partial charge in [-0.05, 0) is 26.0 Å². The van der Waals surface area contributed by atoms with Gasteiger partial charge in [0.2, 0.25) is 0 Å². The molecule has 3 heterocycles. The van der Waals surface area contributed by atoms with Gasteiger partial charge in [-0.15, -0.1) is 5.10 Å². The standard InChI is InChI=1S/C16H21N5O3/c1-12(2)21-9-14(18-19-21)16(23)5-7-20(11-16)15(22)10-24-13-4-3-6-17-8-13/h3-4,6,8-9,12,23H,5,7,10-11H2,1-2H3. The van der Waals surface area contributed by atoms with Crippen LogP contribution in [0, 0.1) is 0 Å². The Hall–Kier alpha value is -2.48. The van der Waals surface area contributed by atoms with Crippen LogP contribution in [-0.2, 0) is 10.4 Å². The minimum Gasteiger partial charge on any atom is -0.482 e. The van der Waals surface area contributed by atoms with E-state index in [9.17, 15) is 9.90 Å². The molecule has 128 valence electrons. The van der Waals surface area contributed by atoms with Crippen LogP contribution in [0.2, 0.25) is 0 Å². The number of carbonyl (C=O) groups is 1. The van der Waals surface area contributed by atoms with E-state index in [0.717, 1.165) is 0 Å². The number of likely N-dealkylation sites (tertiary alicyclic amines) is 1. The van der Waals surface area contributed by atoms with Gasteiger partial charge in [0, 0.05) is 25.2 Å². The van der Waals surface area contributed by atoms with Crippen molar-refractivity contribution in [1.82, 2.24) is 24.9 Å². The summed E-state index contributed by atoms with van der Waals surface area (Å²) < 4.78 is 7.12. The van der Waals surface area contributed by atoms with Crippen molar-refractivity contribution in [1.29, 1.82) is 0 Å². The zero-order valence-electron chi connectivity index (χ0n) is 13.8. The number of amides is 1. The van der Waals surface area contributed by atoms with Gasteiger partial charge in [-0.2, -0.15) is 0 Å². The van der Waals surface area contributed by atoms with Crippen molar-refractivity contribution in [2.75, 3.05) is 19.7 Å². The number of ether oxygens (including phenoxy) is 1. The molecule has 2 aromatic heterocycles. The number of carbonyl (C=O) groups excluding carboxylic acids is 1. The van der Waals surface area contributed by atoms with E-state index in [1.807, 2.05) is 13.8 Å². The molecule has 3 rings (SSSR count). The number of pyridine rings is 1. The van der Waals surface area contributed by atoms with E-state index < -0.39 is 5.60 Å². The van der Waals surface area contributed by atoms with Crippen LogP contribution >= 0.6 is 0 Å². The molecule has 8 heteroatoms. The minimum atomic E-state index is -1.16. The molecule has 1 atom stereocenters. The lowest BCUT2D eigenvalue weighted by atomic mass is 10.00. The third kappa shape index (κ3) is 3.38. The van der Waals surface area contributed by atoms with Gasteiger partial charge < -0.3 is 14.7 Å². The first-order valence-electron chi connectivity index (χ1n) is 7.93. The Morgan fingerprint density at radius 3 is 3.00 bits per heavy atom. The van der Waals surface area contributed by atoms with Gasteiger partial charge in [-0.25, -0.2) is 4.68 Å². The zero-order valence-corrected chi connectivity index (χ0v) is 13.8. The van der Waals surface area contributed by atoms with E-state index >= 15 is 0 Å².